The molecule has 0 aliphatic carbocycles. The van der Waals surface area contributed by atoms with E-state index in [0.29, 0.717) is 0 Å². The van der Waals surface area contributed by atoms with Gasteiger partial charge in [-0.15, -0.1) is 0 Å². The van der Waals surface area contributed by atoms with Gasteiger partial charge >= 0.3 is 41.8 Å². The first kappa shape index (κ1) is 105. The number of ether oxygens (including phenoxy) is 16. The summed E-state index contributed by atoms with van der Waals surface area (Å²) in [6, 6.07) is 0. The van der Waals surface area contributed by atoms with E-state index in [9.17, 15) is 151 Å². The summed E-state index contributed by atoms with van der Waals surface area (Å²) in [4.78, 5) is 82.2. The normalized spacial score (nSPS) is 42.7. The number of carboxylic acid groups (broad SMARTS) is 7. The first-order valence-corrected chi connectivity index (χ1v) is 47.6. The van der Waals surface area contributed by atoms with E-state index < -0.39 is 338 Å². The number of thioether (sulfide) groups is 7. The first-order chi connectivity index (χ1) is 58.4. The predicted octanol–water partition coefficient (Wildman–Crippen LogP) is -7.96. The quantitative estimate of drug-likeness (QED) is 0.0205. The number of carboxylic acids is 7. The van der Waals surface area contributed by atoms with Crippen molar-refractivity contribution in [1.82, 2.24) is 0 Å². The molecule has 30 heterocycles. The summed E-state index contributed by atoms with van der Waals surface area (Å²) in [5, 5.41) is 261. The van der Waals surface area contributed by atoms with Crippen LogP contribution in [-0.2, 0) is 109 Å². The Morgan fingerprint density at radius 1 is 0.187 bits per heavy atom. The van der Waals surface area contributed by atoms with Gasteiger partial charge < -0.3 is 193 Å². The van der Waals surface area contributed by atoms with Gasteiger partial charge in [0, 0.05) is 86.3 Å². The third kappa shape index (κ3) is 28.7. The van der Waals surface area contributed by atoms with E-state index in [4.69, 9.17) is 75.8 Å². The molecule has 708 valence electrons. The molecule has 123 heavy (non-hydrogen) atoms. The molecule has 54 heteroatoms. The molecule has 46 nitrogen and oxygen atoms in total. The summed E-state index contributed by atoms with van der Waals surface area (Å²) < 4.78 is 99.7. The maximum atomic E-state index is 12.3. The van der Waals surface area contributed by atoms with Crippen LogP contribution in [0.5, 0.6) is 0 Å². The van der Waals surface area contributed by atoms with Gasteiger partial charge in [0.1, 0.15) is 146 Å². The molecule has 0 spiro atoms. The monoisotopic (exact) mass is 1930 g/mol. The highest BCUT2D eigenvalue weighted by Crippen LogP contribution is 2.43. The van der Waals surface area contributed by atoms with E-state index in [1.54, 1.807) is 0 Å². The third-order valence-corrected chi connectivity index (χ3v) is 28.6. The van der Waals surface area contributed by atoms with Crippen LogP contribution < -0.4 is 0 Å². The van der Waals surface area contributed by atoms with Crippen molar-refractivity contribution in [3.63, 3.8) is 0 Å². The molecule has 30 fully saturated rings. The fraction of sp³-hybridized carbons (Fsp3) is 0.899. The van der Waals surface area contributed by atoms with Crippen LogP contribution in [0.15, 0.2) is 0 Å². The van der Waals surface area contributed by atoms with Crippen molar-refractivity contribution >= 4 is 137 Å². The van der Waals surface area contributed by atoms with Crippen LogP contribution in [-0.4, -0.2) is 491 Å². The van der Waals surface area contributed by atoms with Gasteiger partial charge in [-0.25, -0.2) is 0 Å². The van der Waals surface area contributed by atoms with Crippen molar-refractivity contribution in [1.29, 1.82) is 0 Å². The predicted molar refractivity (Wildman–Crippen MR) is 425 cm³/mol. The Morgan fingerprint density at radius 3 is 0.415 bits per heavy atom. The standard InChI is InChI=1S/C69H108O46S8/c70-31(71)1-8-117-16-24-55-40(86)48(94)64(102-24)111-57-26(18-119-10-3-33(74)75)104-66(50(96)42(57)88)113-59-28(20-121-12-5-35(78)79)106-68(52(98)44(59)90)115-61-30(22-123-14-7-37(82)83)107-69(53(99)45(61)91)114-60-29(21-122-13-6-36(80)81)105-67(51(97)43(60)89)112-58-27(19-120-11-4-34(76)77)103-65(49(95)41(58)87)110-56-25(17-118-9-2-32(72)73)101-63(47(93)39(56)85)108-54-23(15-116)100-62(109-55)46(92)38(54)84/h23-30,38-69,84-99,116H,1-22H2,(H,70,71)(H,72,73)(H,74,75)(H,76,77)(H,78,79)(H,80,81)(H,82,83)/t23-,24-,25-,26-,27-,28-,29-,30-,38-,39-,40-,41-,42-,43-,44-,45-,46-,47-,48-,49-,50-,51-,52-,53-,54-,55-,56-,57-,58-,59-,60-,61-,62-,63-,64-,65-,66-,67-,68-,69-/m1/s1. The highest BCUT2D eigenvalue weighted by Gasteiger charge is 2.61. The average Bonchev–Trinajstić information content (AvgIpc) is 0.781. The van der Waals surface area contributed by atoms with Crippen LogP contribution in [0.3, 0.4) is 0 Å². The van der Waals surface area contributed by atoms with Crippen molar-refractivity contribution in [3.8, 4) is 0 Å². The van der Waals surface area contributed by atoms with Crippen molar-refractivity contribution in [3.05, 3.63) is 0 Å². The molecule has 0 aromatic heterocycles. The van der Waals surface area contributed by atoms with Gasteiger partial charge in [-0.05, 0) is 0 Å². The second-order valence-corrected chi connectivity index (χ2v) is 38.1. The third-order valence-electron chi connectivity index (χ3n) is 20.8. The van der Waals surface area contributed by atoms with Gasteiger partial charge in [0.05, 0.1) is 93.8 Å². The molecule has 23 N–H and O–H groups in total. The molecule has 30 saturated heterocycles. The Hall–Kier alpha value is -2.19. The van der Waals surface area contributed by atoms with Crippen LogP contribution in [0, 0.1) is 0 Å². The zero-order valence-electron chi connectivity index (χ0n) is 65.1. The second-order valence-electron chi connectivity index (χ2n) is 29.7. The van der Waals surface area contributed by atoms with Crippen molar-refractivity contribution in [2.24, 2.45) is 0 Å². The Bertz CT molecular complexity index is 3170. The Kier molecular flexibility index (Phi) is 42.5. The zero-order chi connectivity index (χ0) is 90.0. The molecule has 0 unspecified atom stereocenters. The van der Waals surface area contributed by atoms with E-state index in [-0.39, 0.29) is 80.5 Å². The minimum Gasteiger partial charge on any atom is -0.481 e. The summed E-state index contributed by atoms with van der Waals surface area (Å²) in [5.41, 5.74) is 0. The molecule has 30 aliphatic rings. The minimum absolute atomic E-state index is 0.125. The Morgan fingerprint density at radius 2 is 0.301 bits per heavy atom. The van der Waals surface area contributed by atoms with Gasteiger partial charge in [0.2, 0.25) is 0 Å². The number of carbonyl (C=O) groups is 7. The van der Waals surface area contributed by atoms with Gasteiger partial charge in [0.25, 0.3) is 0 Å². The Balaban J connectivity index is 1.10. The van der Waals surface area contributed by atoms with E-state index in [2.05, 4.69) is 12.6 Å². The molecule has 16 bridgehead atoms. The van der Waals surface area contributed by atoms with E-state index >= 15 is 0 Å². The topological polar surface area (TPSA) is 732 Å². The number of aliphatic hydroxyl groups is 16. The smallest absolute Gasteiger partial charge is 0.304 e. The van der Waals surface area contributed by atoms with E-state index in [1.807, 2.05) is 0 Å². The maximum Gasteiger partial charge on any atom is 0.304 e. The summed E-state index contributed by atoms with van der Waals surface area (Å²) >= 11 is 10.7. The van der Waals surface area contributed by atoms with Crippen molar-refractivity contribution < 1.29 is 227 Å². The molecule has 0 aromatic rings. The summed E-state index contributed by atoms with van der Waals surface area (Å²) in [7, 11) is 0. The van der Waals surface area contributed by atoms with Crippen molar-refractivity contribution in [2.45, 2.75) is 291 Å². The number of hydrogen-bond acceptors (Lipinski definition) is 47. The van der Waals surface area contributed by atoms with Crippen LogP contribution in [0.1, 0.15) is 44.9 Å². The first-order valence-electron chi connectivity index (χ1n) is 38.9. The molecule has 30 aliphatic heterocycles. The maximum absolute atomic E-state index is 12.3. The summed E-state index contributed by atoms with van der Waals surface area (Å²) in [6.07, 6.45) is -83.8. The highest BCUT2D eigenvalue weighted by molar-refractivity contribution is 8.00. The van der Waals surface area contributed by atoms with Crippen LogP contribution in [0.25, 0.3) is 0 Å². The zero-order valence-corrected chi connectivity index (χ0v) is 71.7. The fourth-order valence-corrected chi connectivity index (χ4v) is 21.5. The molecular weight excluding hydrogens is 1820 g/mol. The second kappa shape index (κ2) is 50.1. The van der Waals surface area contributed by atoms with Gasteiger partial charge in [-0.3, -0.25) is 33.6 Å². The van der Waals surface area contributed by atoms with Gasteiger partial charge in [0.15, 0.2) is 50.3 Å². The lowest BCUT2D eigenvalue weighted by Crippen LogP contribution is -2.69. The van der Waals surface area contributed by atoms with E-state index in [1.165, 1.54) is 0 Å². The lowest BCUT2D eigenvalue weighted by molar-refractivity contribution is -0.396. The number of hydrogen-bond donors (Lipinski definition) is 24. The van der Waals surface area contributed by atoms with E-state index in [0.717, 1.165) is 82.3 Å². The summed E-state index contributed by atoms with van der Waals surface area (Å²) in [5.74, 6) is -12.6. The summed E-state index contributed by atoms with van der Waals surface area (Å²) in [6.45, 7) is 0. The number of aliphatic hydroxyl groups excluding tert-OH is 16. The molecule has 40 atom stereocenters. The lowest BCUT2D eigenvalue weighted by Gasteiger charge is -2.51. The SMILES string of the molecule is O=C(O)CCSC[C@H]1O[C@@H]2O[C@H]3[C@H](O)[C@@H](O)[C@@H](O[C@H]4[C@H](O)[C@@H](O)[C@@H](O[C@H]5[C@H](O)[C@@H](O)[C@@H](O[C@H]6[C@H](O)[C@@H](O)[C@@H](O[C@H]7[C@H](O)[C@@H](O)[C@@H](O[C@H]8[C@H](O)[C@@H](O)[C@@H](O[C@H]9[C@H](O)[C@@H](O)[C@@H](O[C@H]1[C@H](O)[C@H]2O)O[C@@H]9CS)O[C@@H]8CSCCC(=O)O)O[C@@H]7CSCCC(=O)O)O[C@@H]6CSCCC(=O)O)O[C@@H]5CSCCC(=O)O)O[C@@H]4CSCCC(=O)O)O[C@@H]3CSCCC(=O)O. The molecular formula is C69H108O46S8. The molecule has 0 amide bonds. The lowest BCUT2D eigenvalue weighted by atomic mass is 9.95. The largest absolute Gasteiger partial charge is 0.481 e. The molecule has 30 rings (SSSR count). The molecule has 0 radical (unpaired) electrons. The molecule has 0 aromatic carbocycles. The number of aliphatic carboxylic acids is 7. The van der Waals surface area contributed by atoms with Crippen LogP contribution >= 0.6 is 95.0 Å². The Labute approximate surface area is 736 Å². The fourth-order valence-electron chi connectivity index (χ4n) is 14.3. The molecule has 0 saturated carbocycles. The van der Waals surface area contributed by atoms with Gasteiger partial charge in [-0.1, -0.05) is 0 Å². The van der Waals surface area contributed by atoms with Crippen LogP contribution in [0.2, 0.25) is 0 Å². The highest BCUT2D eigenvalue weighted by atomic mass is 32.2. The number of thiol groups is 1. The average molecular weight is 1930 g/mol. The number of rotatable bonds is 36. The van der Waals surface area contributed by atoms with Crippen molar-refractivity contribution in [2.75, 3.05) is 86.3 Å². The minimum atomic E-state index is -2.31. The van der Waals surface area contributed by atoms with Gasteiger partial charge in [-0.2, -0.15) is 95.0 Å². The van der Waals surface area contributed by atoms with Crippen LogP contribution in [0.4, 0.5) is 0 Å².